The lowest BCUT2D eigenvalue weighted by atomic mass is 9.95. The van der Waals surface area contributed by atoms with E-state index >= 15 is 0 Å². The quantitative estimate of drug-likeness (QED) is 0.602. The molecule has 3 N–H and O–H groups in total. The zero-order valence-electron chi connectivity index (χ0n) is 18.2. The molecule has 1 aliphatic heterocycles. The summed E-state index contributed by atoms with van der Waals surface area (Å²) in [7, 11) is 1.59. The molecular weight excluding hydrogens is 422 g/mol. The molecule has 0 unspecified atom stereocenters. The third kappa shape index (κ3) is 4.87. The second-order valence-corrected chi connectivity index (χ2v) is 7.81. The van der Waals surface area contributed by atoms with Crippen molar-refractivity contribution in [1.29, 1.82) is 0 Å². The summed E-state index contributed by atoms with van der Waals surface area (Å²) in [6.45, 7) is 0.891. The Balaban J connectivity index is 1.47. The number of likely N-dealkylation sites (tertiary alicyclic amines) is 1. The molecule has 9 heteroatoms. The van der Waals surface area contributed by atoms with Crippen molar-refractivity contribution in [3.8, 4) is 11.4 Å². The molecule has 1 aliphatic rings. The molecule has 9 nitrogen and oxygen atoms in total. The first kappa shape index (κ1) is 22.1. The third-order valence-corrected chi connectivity index (χ3v) is 5.75. The first-order valence-corrected chi connectivity index (χ1v) is 10.7. The van der Waals surface area contributed by atoms with Crippen molar-refractivity contribution >= 4 is 23.4 Å². The number of hydrogen-bond donors (Lipinski definition) is 2. The molecule has 2 heterocycles. The van der Waals surface area contributed by atoms with Crippen LogP contribution in [0.1, 0.15) is 33.7 Å². The zero-order chi connectivity index (χ0) is 23.4. The Bertz CT molecular complexity index is 1160. The fourth-order valence-corrected chi connectivity index (χ4v) is 3.83. The van der Waals surface area contributed by atoms with Crippen molar-refractivity contribution in [3.05, 3.63) is 72.1 Å². The van der Waals surface area contributed by atoms with Crippen LogP contribution < -0.4 is 15.8 Å². The molecule has 1 fully saturated rings. The molecule has 1 saturated heterocycles. The van der Waals surface area contributed by atoms with Crippen LogP contribution >= 0.6 is 0 Å². The molecule has 33 heavy (non-hydrogen) atoms. The number of carbonyl (C=O) groups excluding carboxylic acids is 3. The molecule has 170 valence electrons. The van der Waals surface area contributed by atoms with Gasteiger partial charge in [-0.3, -0.25) is 14.4 Å². The van der Waals surface area contributed by atoms with E-state index in [0.29, 0.717) is 37.2 Å². The Kier molecular flexibility index (Phi) is 6.39. The van der Waals surface area contributed by atoms with Crippen LogP contribution in [0.3, 0.4) is 0 Å². The maximum absolute atomic E-state index is 13.1. The van der Waals surface area contributed by atoms with Gasteiger partial charge in [-0.1, -0.05) is 12.1 Å². The molecule has 0 aliphatic carbocycles. The van der Waals surface area contributed by atoms with Gasteiger partial charge in [0.25, 0.3) is 11.8 Å². The van der Waals surface area contributed by atoms with Crippen molar-refractivity contribution in [1.82, 2.24) is 14.7 Å². The number of rotatable bonds is 6. The summed E-state index contributed by atoms with van der Waals surface area (Å²) in [6.07, 6.45) is 2.77. The van der Waals surface area contributed by atoms with Gasteiger partial charge in [-0.05, 0) is 55.3 Å². The van der Waals surface area contributed by atoms with Gasteiger partial charge in [-0.25, -0.2) is 4.68 Å². The van der Waals surface area contributed by atoms with Crippen molar-refractivity contribution in [2.24, 2.45) is 11.7 Å². The number of hydrogen-bond acceptors (Lipinski definition) is 5. The minimum atomic E-state index is -0.421. The van der Waals surface area contributed by atoms with Crippen LogP contribution in [0.5, 0.6) is 5.75 Å². The molecule has 0 spiro atoms. The van der Waals surface area contributed by atoms with Crippen LogP contribution in [-0.2, 0) is 4.79 Å². The lowest BCUT2D eigenvalue weighted by molar-refractivity contribution is -0.123. The minimum absolute atomic E-state index is 0.197. The SMILES string of the molecule is COc1ccc(-n2ccc(C(=O)Nc3ccccc3C(=O)N3CCC(C(N)=O)CC3)n2)cc1. The largest absolute Gasteiger partial charge is 0.497 e. The number of piperidine rings is 1. The van der Waals surface area contributed by atoms with Crippen molar-refractivity contribution in [3.63, 3.8) is 0 Å². The summed E-state index contributed by atoms with van der Waals surface area (Å²) in [5.74, 6) is -0.426. The van der Waals surface area contributed by atoms with E-state index in [1.54, 1.807) is 53.2 Å². The number of anilines is 1. The van der Waals surface area contributed by atoms with E-state index in [0.717, 1.165) is 11.4 Å². The zero-order valence-corrected chi connectivity index (χ0v) is 18.2. The van der Waals surface area contributed by atoms with E-state index in [2.05, 4.69) is 10.4 Å². The highest BCUT2D eigenvalue weighted by molar-refractivity contribution is 6.08. The van der Waals surface area contributed by atoms with E-state index in [9.17, 15) is 14.4 Å². The van der Waals surface area contributed by atoms with Crippen LogP contribution in [0.15, 0.2) is 60.8 Å². The molecule has 4 rings (SSSR count). The number of methoxy groups -OCH3 is 1. The molecule has 2 aromatic carbocycles. The highest BCUT2D eigenvalue weighted by Gasteiger charge is 2.27. The summed E-state index contributed by atoms with van der Waals surface area (Å²) < 4.78 is 6.75. The van der Waals surface area contributed by atoms with E-state index in [-0.39, 0.29) is 23.4 Å². The van der Waals surface area contributed by atoms with Gasteiger partial charge < -0.3 is 20.7 Å². The number of amides is 3. The Morgan fingerprint density at radius 3 is 2.39 bits per heavy atom. The number of nitrogens with one attached hydrogen (secondary N) is 1. The van der Waals surface area contributed by atoms with Gasteiger partial charge in [-0.2, -0.15) is 5.10 Å². The van der Waals surface area contributed by atoms with Gasteiger partial charge in [0.15, 0.2) is 5.69 Å². The number of para-hydroxylation sites is 1. The van der Waals surface area contributed by atoms with Crippen LogP contribution in [0, 0.1) is 5.92 Å². The van der Waals surface area contributed by atoms with Gasteiger partial charge in [0.05, 0.1) is 24.0 Å². The predicted octanol–water partition coefficient (Wildman–Crippen LogP) is 2.47. The average Bonchev–Trinajstić information content (AvgIpc) is 3.35. The van der Waals surface area contributed by atoms with Gasteiger partial charge in [0.2, 0.25) is 5.91 Å². The minimum Gasteiger partial charge on any atom is -0.497 e. The van der Waals surface area contributed by atoms with Gasteiger partial charge >= 0.3 is 0 Å². The van der Waals surface area contributed by atoms with Crippen LogP contribution in [-0.4, -0.2) is 52.6 Å². The number of carbonyl (C=O) groups is 3. The first-order chi connectivity index (χ1) is 16.0. The standard InChI is InChI=1S/C24H25N5O4/c1-33-18-8-6-17(7-9-18)29-15-12-21(27-29)23(31)26-20-5-3-2-4-19(20)24(32)28-13-10-16(11-14-28)22(25)30/h2-9,12,15-16H,10-11,13-14H2,1H3,(H2,25,30)(H,26,31). The Morgan fingerprint density at radius 1 is 1.03 bits per heavy atom. The number of aromatic nitrogens is 2. The highest BCUT2D eigenvalue weighted by Crippen LogP contribution is 2.23. The van der Waals surface area contributed by atoms with Crippen molar-refractivity contribution in [2.75, 3.05) is 25.5 Å². The molecule has 0 radical (unpaired) electrons. The number of nitrogens with two attached hydrogens (primary N) is 1. The molecule has 3 aromatic rings. The van der Waals surface area contributed by atoms with E-state index in [1.807, 2.05) is 24.3 Å². The van der Waals surface area contributed by atoms with E-state index in [4.69, 9.17) is 10.5 Å². The molecule has 3 amide bonds. The summed E-state index contributed by atoms with van der Waals surface area (Å²) in [5, 5.41) is 7.15. The van der Waals surface area contributed by atoms with Crippen molar-refractivity contribution < 1.29 is 19.1 Å². The molecule has 0 bridgehead atoms. The lowest BCUT2D eigenvalue weighted by Crippen LogP contribution is -2.42. The van der Waals surface area contributed by atoms with Gasteiger partial charge in [0.1, 0.15) is 5.75 Å². The summed E-state index contributed by atoms with van der Waals surface area (Å²) in [5.41, 5.74) is 7.18. The highest BCUT2D eigenvalue weighted by atomic mass is 16.5. The second kappa shape index (κ2) is 9.56. The maximum atomic E-state index is 13.1. The van der Waals surface area contributed by atoms with E-state index < -0.39 is 5.91 Å². The number of primary amides is 1. The van der Waals surface area contributed by atoms with Gasteiger partial charge in [0, 0.05) is 25.2 Å². The lowest BCUT2D eigenvalue weighted by Gasteiger charge is -2.31. The third-order valence-electron chi connectivity index (χ3n) is 5.75. The summed E-state index contributed by atoms with van der Waals surface area (Å²) in [6, 6.07) is 15.8. The van der Waals surface area contributed by atoms with Crippen LogP contribution in [0.2, 0.25) is 0 Å². The fourth-order valence-electron chi connectivity index (χ4n) is 3.83. The topological polar surface area (TPSA) is 120 Å². The Labute approximate surface area is 191 Å². The molecular formula is C24H25N5O4. The van der Waals surface area contributed by atoms with Crippen LogP contribution in [0.4, 0.5) is 5.69 Å². The molecule has 1 aromatic heterocycles. The Hall–Kier alpha value is -4.14. The summed E-state index contributed by atoms with van der Waals surface area (Å²) in [4.78, 5) is 39.0. The first-order valence-electron chi connectivity index (χ1n) is 10.7. The number of benzene rings is 2. The van der Waals surface area contributed by atoms with Gasteiger partial charge in [-0.15, -0.1) is 0 Å². The predicted molar refractivity (Wildman–Crippen MR) is 122 cm³/mol. The van der Waals surface area contributed by atoms with E-state index in [1.165, 1.54) is 0 Å². The monoisotopic (exact) mass is 447 g/mol. The summed E-state index contributed by atoms with van der Waals surface area (Å²) >= 11 is 0. The molecule has 0 saturated carbocycles. The average molecular weight is 447 g/mol. The smallest absolute Gasteiger partial charge is 0.276 e. The van der Waals surface area contributed by atoms with Crippen molar-refractivity contribution in [2.45, 2.75) is 12.8 Å². The Morgan fingerprint density at radius 2 is 1.73 bits per heavy atom. The van der Waals surface area contributed by atoms with Crippen LogP contribution in [0.25, 0.3) is 5.69 Å². The number of ether oxygens (including phenoxy) is 1. The number of nitrogens with zero attached hydrogens (tertiary/aromatic N) is 3. The fraction of sp³-hybridized carbons (Fsp3) is 0.250. The maximum Gasteiger partial charge on any atom is 0.276 e. The molecule has 0 atom stereocenters. The normalized spacial score (nSPS) is 14.0. The second-order valence-electron chi connectivity index (χ2n) is 7.81.